The number of para-hydroxylation sites is 3. The van der Waals surface area contributed by atoms with Crippen LogP contribution in [0.5, 0.6) is 0 Å². The van der Waals surface area contributed by atoms with Crippen molar-refractivity contribution in [1.82, 2.24) is 9.13 Å². The molecule has 5 heteroatoms. The first-order chi connectivity index (χ1) is 25.2. The first-order valence-corrected chi connectivity index (χ1v) is 17.1. The molecule has 9 aromatic rings. The van der Waals surface area contributed by atoms with Crippen LogP contribution in [0.2, 0.25) is 0 Å². The van der Waals surface area contributed by atoms with Gasteiger partial charge in [0, 0.05) is 40.9 Å². The second-order valence-electron chi connectivity index (χ2n) is 13.2. The minimum Gasteiger partial charge on any atom is -0.363 e. The number of hydrogen-bond acceptors (Lipinski definition) is 1. The highest BCUT2D eigenvalue weighted by Crippen LogP contribution is 2.41. The molecule has 5 nitrogen and oxygen atoms in total. The van der Waals surface area contributed by atoms with Gasteiger partial charge in [-0.2, -0.15) is 0 Å². The lowest BCUT2D eigenvalue weighted by Crippen LogP contribution is -2.20. The summed E-state index contributed by atoms with van der Waals surface area (Å²) in [6, 6.07) is 53.4. The molecule has 0 atom stereocenters. The Morgan fingerprint density at radius 2 is 0.922 bits per heavy atom. The predicted octanol–water partition coefficient (Wildman–Crippen LogP) is 12.2. The third-order valence-electron chi connectivity index (χ3n) is 10.4. The normalized spacial score (nSPS) is 12.5. The van der Waals surface area contributed by atoms with E-state index in [9.17, 15) is 0 Å². The molecular formula is C46H29N5. The van der Waals surface area contributed by atoms with E-state index in [1.165, 1.54) is 27.9 Å². The van der Waals surface area contributed by atoms with Gasteiger partial charge in [0.2, 0.25) is 0 Å². The molecule has 0 bridgehead atoms. The molecule has 0 spiro atoms. The van der Waals surface area contributed by atoms with Gasteiger partial charge < -0.3 is 14.0 Å². The summed E-state index contributed by atoms with van der Waals surface area (Å²) < 4.78 is 4.67. The topological polar surface area (TPSA) is 21.8 Å². The second kappa shape index (κ2) is 11.2. The molecule has 0 radical (unpaired) electrons. The molecule has 0 saturated carbocycles. The third kappa shape index (κ3) is 4.46. The van der Waals surface area contributed by atoms with Crippen molar-refractivity contribution in [3.63, 3.8) is 0 Å². The molecule has 0 aliphatic carbocycles. The van der Waals surface area contributed by atoms with E-state index >= 15 is 0 Å². The van der Waals surface area contributed by atoms with Gasteiger partial charge in [-0.1, -0.05) is 78.9 Å². The van der Waals surface area contributed by atoms with Crippen molar-refractivity contribution in [2.75, 3.05) is 4.90 Å². The third-order valence-corrected chi connectivity index (χ3v) is 10.4. The van der Waals surface area contributed by atoms with Gasteiger partial charge in [0.1, 0.15) is 0 Å². The highest BCUT2D eigenvalue weighted by Gasteiger charge is 2.23. The Bertz CT molecular complexity index is 2950. The summed E-state index contributed by atoms with van der Waals surface area (Å²) in [6.45, 7) is 16.8. The lowest BCUT2D eigenvalue weighted by Gasteiger charge is -2.24. The fourth-order valence-electron chi connectivity index (χ4n) is 8.11. The van der Waals surface area contributed by atoms with Crippen molar-refractivity contribution in [2.24, 2.45) is 0 Å². The molecule has 0 saturated heterocycles. The Balaban J connectivity index is 1.20. The Morgan fingerprint density at radius 3 is 1.55 bits per heavy atom. The number of anilines is 1. The standard InChI is InChI=1S/C46H29N5/c1-47-32-17-22-45-41(25-32)38-12-6-8-14-43(38)50(45)35-20-21-37-31(24-35)29-49(34-10-4-3-5-11-34)28-30-16-19-36(27-40(30)37)51-44-15-9-7-13-39(44)42-26-33(48-2)18-23-46(42)51/h3-27H,28-29H2. The summed E-state index contributed by atoms with van der Waals surface area (Å²) in [5.41, 5.74) is 14.1. The van der Waals surface area contributed by atoms with Gasteiger partial charge in [-0.05, 0) is 106 Å². The minimum atomic E-state index is 0.646. The molecule has 1 aliphatic rings. The fourth-order valence-corrected chi connectivity index (χ4v) is 8.11. The van der Waals surface area contributed by atoms with Crippen LogP contribution >= 0.6 is 0 Å². The number of rotatable bonds is 3. The number of aromatic nitrogens is 2. The Labute approximate surface area is 295 Å². The van der Waals surface area contributed by atoms with Crippen LogP contribution in [0.4, 0.5) is 17.1 Å². The van der Waals surface area contributed by atoms with Crippen LogP contribution in [-0.2, 0) is 13.1 Å². The van der Waals surface area contributed by atoms with E-state index in [0.29, 0.717) is 11.4 Å². The van der Waals surface area contributed by atoms with E-state index in [1.54, 1.807) is 0 Å². The number of nitrogens with zero attached hydrogens (tertiary/aromatic N) is 5. The van der Waals surface area contributed by atoms with Crippen LogP contribution < -0.4 is 4.90 Å². The Kier molecular flexibility index (Phi) is 6.37. The highest BCUT2D eigenvalue weighted by atomic mass is 15.1. The highest BCUT2D eigenvalue weighted by molar-refractivity contribution is 6.11. The van der Waals surface area contributed by atoms with Gasteiger partial charge >= 0.3 is 0 Å². The lowest BCUT2D eigenvalue weighted by atomic mass is 9.95. The summed E-state index contributed by atoms with van der Waals surface area (Å²) in [6.07, 6.45) is 0. The molecular weight excluding hydrogens is 623 g/mol. The van der Waals surface area contributed by atoms with Crippen LogP contribution in [0.3, 0.4) is 0 Å². The Morgan fingerprint density at radius 1 is 0.392 bits per heavy atom. The van der Waals surface area contributed by atoms with Crippen molar-refractivity contribution < 1.29 is 0 Å². The van der Waals surface area contributed by atoms with Gasteiger partial charge in [-0.25, -0.2) is 9.69 Å². The molecule has 7 aromatic carbocycles. The lowest BCUT2D eigenvalue weighted by molar-refractivity contribution is 0.811. The predicted molar refractivity (Wildman–Crippen MR) is 209 cm³/mol. The van der Waals surface area contributed by atoms with Crippen molar-refractivity contribution in [1.29, 1.82) is 0 Å². The number of fused-ring (bicyclic) bond motifs is 9. The fraction of sp³-hybridized carbons (Fsp3) is 0.0435. The van der Waals surface area contributed by atoms with Crippen LogP contribution in [-0.4, -0.2) is 9.13 Å². The van der Waals surface area contributed by atoms with Crippen molar-refractivity contribution >= 4 is 60.7 Å². The van der Waals surface area contributed by atoms with E-state index < -0.39 is 0 Å². The molecule has 0 fully saturated rings. The summed E-state index contributed by atoms with van der Waals surface area (Å²) in [5, 5.41) is 4.46. The first-order valence-electron chi connectivity index (χ1n) is 17.1. The maximum absolute atomic E-state index is 7.63. The zero-order valence-electron chi connectivity index (χ0n) is 27.6. The number of benzene rings is 7. The summed E-state index contributed by atoms with van der Waals surface area (Å²) in [4.78, 5) is 9.92. The second-order valence-corrected chi connectivity index (χ2v) is 13.2. The van der Waals surface area contributed by atoms with Crippen LogP contribution in [0.1, 0.15) is 11.1 Å². The number of hydrogen-bond donors (Lipinski definition) is 0. The molecule has 1 aliphatic heterocycles. The minimum absolute atomic E-state index is 0.646. The maximum Gasteiger partial charge on any atom is 0.188 e. The SMILES string of the molecule is [C-]#[N+]c1ccc2c(c1)c1ccccc1n2-c1ccc2c(c1)CN(c1ccccc1)Cc1ccc(-n3c4ccccc4c4cc([N+]#[C-])ccc43)cc1-2. The molecule has 0 N–H and O–H groups in total. The zero-order chi connectivity index (χ0) is 34.1. The van der Waals surface area contributed by atoms with Crippen molar-refractivity contribution in [2.45, 2.75) is 13.1 Å². The summed E-state index contributed by atoms with van der Waals surface area (Å²) in [5.74, 6) is 0. The smallest absolute Gasteiger partial charge is 0.188 e. The Hall–Kier alpha value is -7.08. The monoisotopic (exact) mass is 651 g/mol. The van der Waals surface area contributed by atoms with Gasteiger partial charge in [0.05, 0.1) is 35.2 Å². The summed E-state index contributed by atoms with van der Waals surface area (Å²) in [7, 11) is 0. The van der Waals surface area contributed by atoms with Gasteiger partial charge in [0.25, 0.3) is 0 Å². The van der Waals surface area contributed by atoms with E-state index in [-0.39, 0.29) is 0 Å². The summed E-state index contributed by atoms with van der Waals surface area (Å²) >= 11 is 0. The van der Waals surface area contributed by atoms with Crippen molar-refractivity contribution in [3.8, 4) is 22.5 Å². The molecule has 51 heavy (non-hydrogen) atoms. The molecule has 238 valence electrons. The van der Waals surface area contributed by atoms with Gasteiger partial charge in [-0.15, -0.1) is 0 Å². The van der Waals surface area contributed by atoms with E-state index in [1.807, 2.05) is 24.3 Å². The zero-order valence-corrected chi connectivity index (χ0v) is 27.6. The maximum atomic E-state index is 7.63. The molecule has 10 rings (SSSR count). The first kappa shape index (κ1) is 28.9. The molecule has 0 amide bonds. The van der Waals surface area contributed by atoms with E-state index in [0.717, 1.165) is 68.1 Å². The van der Waals surface area contributed by atoms with E-state index in [2.05, 4.69) is 151 Å². The van der Waals surface area contributed by atoms with Crippen LogP contribution in [0.25, 0.3) is 75.8 Å². The van der Waals surface area contributed by atoms with Gasteiger partial charge in [-0.3, -0.25) is 0 Å². The average molecular weight is 652 g/mol. The molecule has 3 heterocycles. The molecule has 2 aromatic heterocycles. The quantitative estimate of drug-likeness (QED) is 0.174. The van der Waals surface area contributed by atoms with E-state index in [4.69, 9.17) is 13.1 Å². The largest absolute Gasteiger partial charge is 0.363 e. The molecule has 0 unspecified atom stereocenters. The van der Waals surface area contributed by atoms with Crippen LogP contribution in [0.15, 0.2) is 152 Å². The van der Waals surface area contributed by atoms with Gasteiger partial charge in [0.15, 0.2) is 11.4 Å². The van der Waals surface area contributed by atoms with Crippen molar-refractivity contribution in [3.05, 3.63) is 186 Å². The van der Waals surface area contributed by atoms with Crippen LogP contribution in [0, 0.1) is 13.1 Å². The average Bonchev–Trinajstić information content (AvgIpc) is 3.64.